The Bertz CT molecular complexity index is 1710. The van der Waals surface area contributed by atoms with Crippen molar-refractivity contribution < 1.29 is 22.0 Å². The van der Waals surface area contributed by atoms with Gasteiger partial charge in [-0.2, -0.15) is 26.3 Å². The SMILES string of the molecule is N#CC(C#N)=c1cc/c(=C(/C#N)c2c(F)c(F)c(C#N)c(F)c2F)c(-c2ccc(C#N)c(F)c2)c1. The Hall–Kier alpha value is -5.50. The number of hydrogen-bond donors (Lipinski definition) is 0. The first-order valence-electron chi connectivity index (χ1n) is 9.29. The maximum absolute atomic E-state index is 14.7. The lowest BCUT2D eigenvalue weighted by Gasteiger charge is -2.11. The first-order chi connectivity index (χ1) is 16.7. The minimum Gasteiger partial charge on any atom is -0.206 e. The molecule has 3 aromatic rings. The van der Waals surface area contributed by atoms with Crippen molar-refractivity contribution in [3.63, 3.8) is 0 Å². The van der Waals surface area contributed by atoms with E-state index in [-0.39, 0.29) is 27.1 Å². The molecule has 3 aromatic carbocycles. The summed E-state index contributed by atoms with van der Waals surface area (Å²) in [7, 11) is 0. The Kier molecular flexibility index (Phi) is 6.59. The molecule has 166 valence electrons. The Balaban J connectivity index is 2.61. The zero-order valence-corrected chi connectivity index (χ0v) is 17.1. The summed E-state index contributed by atoms with van der Waals surface area (Å²) in [6.07, 6.45) is 0. The van der Waals surface area contributed by atoms with Gasteiger partial charge in [0.2, 0.25) is 0 Å². The molecule has 0 unspecified atom stereocenters. The van der Waals surface area contributed by atoms with E-state index in [1.807, 2.05) is 0 Å². The Labute approximate surface area is 194 Å². The van der Waals surface area contributed by atoms with Crippen molar-refractivity contribution in [2.75, 3.05) is 0 Å². The van der Waals surface area contributed by atoms with Crippen molar-refractivity contribution in [1.29, 1.82) is 26.3 Å². The molecule has 0 amide bonds. The van der Waals surface area contributed by atoms with Gasteiger partial charge in [-0.1, -0.05) is 18.2 Å². The van der Waals surface area contributed by atoms with E-state index < -0.39 is 51.4 Å². The first-order valence-corrected chi connectivity index (χ1v) is 9.29. The zero-order chi connectivity index (χ0) is 25.9. The summed E-state index contributed by atoms with van der Waals surface area (Å²) in [4.78, 5) is 0. The largest absolute Gasteiger partial charge is 0.206 e. The van der Waals surface area contributed by atoms with Crippen molar-refractivity contribution in [2.45, 2.75) is 0 Å². The first kappa shape index (κ1) is 24.1. The standard InChI is InChI=1S/C25H6F5N5/c26-20-6-13(1-2-14(20)7-31)17-5-12(15(8-32)9-33)3-4-16(17)18(10-34)21-24(29)22(27)19(11-35)23(28)25(21)30/h1-6H/b18-16+. The number of nitriles is 5. The van der Waals surface area contributed by atoms with E-state index in [0.717, 1.165) is 36.4 Å². The van der Waals surface area contributed by atoms with E-state index in [4.69, 9.17) is 21.0 Å². The van der Waals surface area contributed by atoms with Crippen molar-refractivity contribution in [1.82, 2.24) is 0 Å². The van der Waals surface area contributed by atoms with Gasteiger partial charge in [0.05, 0.1) is 16.7 Å². The molecule has 0 N–H and O–H groups in total. The molecule has 0 atom stereocenters. The second-order valence-corrected chi connectivity index (χ2v) is 6.77. The van der Waals surface area contributed by atoms with Gasteiger partial charge >= 0.3 is 0 Å². The van der Waals surface area contributed by atoms with Crippen LogP contribution in [0.5, 0.6) is 0 Å². The fourth-order valence-corrected chi connectivity index (χ4v) is 3.28. The van der Waals surface area contributed by atoms with Crippen LogP contribution in [0, 0.1) is 85.7 Å². The maximum Gasteiger partial charge on any atom is 0.180 e. The minimum atomic E-state index is -2.01. The highest BCUT2D eigenvalue weighted by Crippen LogP contribution is 2.28. The summed E-state index contributed by atoms with van der Waals surface area (Å²) in [6.45, 7) is 0. The summed E-state index contributed by atoms with van der Waals surface area (Å²) in [6, 6.07) is 13.8. The van der Waals surface area contributed by atoms with Gasteiger partial charge in [0.15, 0.2) is 23.3 Å². The van der Waals surface area contributed by atoms with Crippen molar-refractivity contribution in [2.24, 2.45) is 0 Å². The fraction of sp³-hybridized carbons (Fsp3) is 0. The topological polar surface area (TPSA) is 119 Å². The smallest absolute Gasteiger partial charge is 0.180 e. The van der Waals surface area contributed by atoms with Gasteiger partial charge in [-0.05, 0) is 29.3 Å². The summed E-state index contributed by atoms with van der Waals surface area (Å²) in [5.74, 6) is -9.02. The van der Waals surface area contributed by atoms with Crippen LogP contribution in [0.15, 0.2) is 36.4 Å². The Morgan fingerprint density at radius 2 is 1.29 bits per heavy atom. The van der Waals surface area contributed by atoms with Crippen molar-refractivity contribution >= 4 is 11.1 Å². The minimum absolute atomic E-state index is 0.00561. The van der Waals surface area contributed by atoms with Gasteiger partial charge in [0.1, 0.15) is 47.3 Å². The molecule has 0 aliphatic rings. The molecule has 0 saturated carbocycles. The molecule has 5 nitrogen and oxygen atoms in total. The van der Waals surface area contributed by atoms with Crippen LogP contribution in [0.2, 0.25) is 0 Å². The van der Waals surface area contributed by atoms with Gasteiger partial charge in [0, 0.05) is 10.4 Å². The van der Waals surface area contributed by atoms with Gasteiger partial charge in [-0.25, -0.2) is 22.0 Å². The summed E-state index contributed by atoms with van der Waals surface area (Å²) in [5.41, 5.74) is -4.76. The second kappa shape index (κ2) is 9.55. The molecular formula is C25H6F5N5. The van der Waals surface area contributed by atoms with Crippen LogP contribution in [0.1, 0.15) is 16.7 Å². The molecule has 35 heavy (non-hydrogen) atoms. The van der Waals surface area contributed by atoms with Crippen molar-refractivity contribution in [3.05, 3.63) is 92.6 Å². The van der Waals surface area contributed by atoms with Crippen LogP contribution < -0.4 is 10.4 Å². The van der Waals surface area contributed by atoms with Crippen LogP contribution >= 0.6 is 0 Å². The van der Waals surface area contributed by atoms with Gasteiger partial charge in [-0.15, -0.1) is 0 Å². The predicted molar refractivity (Wildman–Crippen MR) is 110 cm³/mol. The molecule has 0 aromatic heterocycles. The number of benzene rings is 3. The summed E-state index contributed by atoms with van der Waals surface area (Å²) in [5, 5.41) is 45.5. The van der Waals surface area contributed by atoms with E-state index >= 15 is 0 Å². The lowest BCUT2D eigenvalue weighted by Crippen LogP contribution is -2.18. The highest BCUT2D eigenvalue weighted by molar-refractivity contribution is 5.83. The molecule has 0 heterocycles. The molecule has 0 radical (unpaired) electrons. The molecule has 10 heteroatoms. The van der Waals surface area contributed by atoms with E-state index in [2.05, 4.69) is 0 Å². The maximum atomic E-state index is 14.7. The van der Waals surface area contributed by atoms with Gasteiger partial charge < -0.3 is 0 Å². The highest BCUT2D eigenvalue weighted by atomic mass is 19.2. The zero-order valence-electron chi connectivity index (χ0n) is 17.1. The van der Waals surface area contributed by atoms with Gasteiger partial charge in [-0.3, -0.25) is 0 Å². The lowest BCUT2D eigenvalue weighted by molar-refractivity contribution is 0.447. The normalized spacial score (nSPS) is 10.7. The Morgan fingerprint density at radius 1 is 0.657 bits per heavy atom. The monoisotopic (exact) mass is 471 g/mol. The van der Waals surface area contributed by atoms with E-state index in [9.17, 15) is 27.2 Å². The molecule has 0 bridgehead atoms. The number of halogens is 5. The molecule has 0 spiro atoms. The van der Waals surface area contributed by atoms with E-state index in [1.165, 1.54) is 12.1 Å². The number of hydrogen-bond acceptors (Lipinski definition) is 5. The quantitative estimate of drug-likeness (QED) is 0.417. The molecular weight excluding hydrogens is 465 g/mol. The molecule has 0 aliphatic carbocycles. The van der Waals surface area contributed by atoms with Crippen LogP contribution in [0.3, 0.4) is 0 Å². The Morgan fingerprint density at radius 3 is 1.77 bits per heavy atom. The summed E-state index contributed by atoms with van der Waals surface area (Å²) >= 11 is 0. The fourth-order valence-electron chi connectivity index (χ4n) is 3.28. The van der Waals surface area contributed by atoms with Crippen LogP contribution in [-0.2, 0) is 0 Å². The number of rotatable bonds is 2. The average Bonchev–Trinajstić information content (AvgIpc) is 2.86. The van der Waals surface area contributed by atoms with Crippen LogP contribution in [0.4, 0.5) is 22.0 Å². The third kappa shape index (κ3) is 4.03. The number of nitrogens with zero attached hydrogens (tertiary/aromatic N) is 5. The summed E-state index contributed by atoms with van der Waals surface area (Å²) < 4.78 is 72.3. The predicted octanol–water partition coefficient (Wildman–Crippen LogP) is 3.71. The van der Waals surface area contributed by atoms with Gasteiger partial charge in [0.25, 0.3) is 0 Å². The lowest BCUT2D eigenvalue weighted by atomic mass is 9.93. The molecule has 0 aliphatic heterocycles. The highest BCUT2D eigenvalue weighted by Gasteiger charge is 2.28. The van der Waals surface area contributed by atoms with E-state index in [1.54, 1.807) is 18.2 Å². The third-order valence-corrected chi connectivity index (χ3v) is 4.94. The van der Waals surface area contributed by atoms with Crippen LogP contribution in [0.25, 0.3) is 22.3 Å². The third-order valence-electron chi connectivity index (χ3n) is 4.94. The second-order valence-electron chi connectivity index (χ2n) is 6.77. The average molecular weight is 471 g/mol. The molecule has 0 fully saturated rings. The molecule has 0 saturated heterocycles. The van der Waals surface area contributed by atoms with E-state index in [0.29, 0.717) is 0 Å². The van der Waals surface area contributed by atoms with Crippen molar-refractivity contribution in [3.8, 4) is 41.5 Å². The molecule has 3 rings (SSSR count). The van der Waals surface area contributed by atoms with Crippen LogP contribution in [-0.4, -0.2) is 0 Å².